The van der Waals surface area contributed by atoms with Crippen LogP contribution in [0, 0.1) is 5.92 Å². The van der Waals surface area contributed by atoms with Crippen molar-refractivity contribution in [2.75, 3.05) is 12.4 Å². The molecular weight excluding hydrogens is 390 g/mol. The van der Waals surface area contributed by atoms with Gasteiger partial charge in [0, 0.05) is 5.69 Å². The maximum absolute atomic E-state index is 13.3. The van der Waals surface area contributed by atoms with Gasteiger partial charge in [-0.05, 0) is 55.0 Å². The molecule has 31 heavy (non-hydrogen) atoms. The van der Waals surface area contributed by atoms with Crippen molar-refractivity contribution in [3.05, 3.63) is 65.7 Å². The van der Waals surface area contributed by atoms with Gasteiger partial charge in [-0.15, -0.1) is 0 Å². The second-order valence-corrected chi connectivity index (χ2v) is 7.78. The fourth-order valence-corrected chi connectivity index (χ4v) is 3.90. The summed E-state index contributed by atoms with van der Waals surface area (Å²) >= 11 is 0. The van der Waals surface area contributed by atoms with Crippen LogP contribution >= 0.6 is 0 Å². The number of ether oxygens (including phenoxy) is 2. The molecule has 0 aromatic heterocycles. The Morgan fingerprint density at radius 2 is 1.52 bits per heavy atom. The van der Waals surface area contributed by atoms with Crippen molar-refractivity contribution in [1.29, 1.82) is 0 Å². The standard InChI is InChI=1S/C26H35NO4/c1-5-11-19(12-6-2)23(7-3)31-26(29)24(27-22-13-9-8-10-14-22)20-15-17-21(18-16-20)25(28)30-4/h8-10,13-19,23-24,27H,5-7,11-12H2,1-4H3/t23-,24?/m0/s1. The average molecular weight is 426 g/mol. The second-order valence-electron chi connectivity index (χ2n) is 7.78. The summed E-state index contributed by atoms with van der Waals surface area (Å²) in [5, 5.41) is 3.30. The molecule has 0 heterocycles. The molecule has 0 spiro atoms. The van der Waals surface area contributed by atoms with E-state index < -0.39 is 12.0 Å². The number of methoxy groups -OCH3 is 1. The number of hydrogen-bond acceptors (Lipinski definition) is 5. The Kier molecular flexibility index (Phi) is 10.1. The molecule has 0 fully saturated rings. The lowest BCUT2D eigenvalue weighted by atomic mass is 9.90. The number of esters is 2. The molecule has 0 bridgehead atoms. The highest BCUT2D eigenvalue weighted by Crippen LogP contribution is 2.27. The van der Waals surface area contributed by atoms with Crippen LogP contribution in [0.2, 0.25) is 0 Å². The van der Waals surface area contributed by atoms with Gasteiger partial charge in [0.1, 0.15) is 6.10 Å². The third kappa shape index (κ3) is 7.12. The number of hydrogen-bond donors (Lipinski definition) is 1. The molecule has 5 heteroatoms. The number of benzene rings is 2. The molecule has 0 radical (unpaired) electrons. The Morgan fingerprint density at radius 1 is 0.903 bits per heavy atom. The van der Waals surface area contributed by atoms with E-state index in [4.69, 9.17) is 9.47 Å². The van der Waals surface area contributed by atoms with Crippen LogP contribution in [-0.4, -0.2) is 25.2 Å². The first-order chi connectivity index (χ1) is 15.0. The van der Waals surface area contributed by atoms with Crippen molar-refractivity contribution in [1.82, 2.24) is 0 Å². The van der Waals surface area contributed by atoms with Gasteiger partial charge in [-0.1, -0.05) is 63.9 Å². The maximum atomic E-state index is 13.3. The van der Waals surface area contributed by atoms with Gasteiger partial charge in [-0.25, -0.2) is 9.59 Å². The SMILES string of the molecule is CCCC(CCC)[C@H](CC)OC(=O)C(Nc1ccccc1)c1ccc(C(=O)OC)cc1. The Balaban J connectivity index is 2.28. The van der Waals surface area contributed by atoms with Crippen LogP contribution < -0.4 is 5.32 Å². The molecule has 0 saturated heterocycles. The molecular formula is C26H35NO4. The minimum Gasteiger partial charge on any atom is -0.465 e. The van der Waals surface area contributed by atoms with Crippen molar-refractivity contribution in [3.8, 4) is 0 Å². The molecule has 2 aromatic rings. The molecule has 168 valence electrons. The molecule has 0 aliphatic rings. The van der Waals surface area contributed by atoms with Gasteiger partial charge in [0.2, 0.25) is 0 Å². The van der Waals surface area contributed by atoms with Gasteiger partial charge in [0.15, 0.2) is 6.04 Å². The Bertz CT molecular complexity index is 798. The van der Waals surface area contributed by atoms with Crippen molar-refractivity contribution in [3.63, 3.8) is 0 Å². The van der Waals surface area contributed by atoms with E-state index in [1.165, 1.54) is 7.11 Å². The van der Waals surface area contributed by atoms with E-state index in [1.807, 2.05) is 30.3 Å². The quantitative estimate of drug-likeness (QED) is 0.412. The highest BCUT2D eigenvalue weighted by atomic mass is 16.5. The number of anilines is 1. The van der Waals surface area contributed by atoms with E-state index in [0.717, 1.165) is 43.4 Å². The van der Waals surface area contributed by atoms with Crippen molar-refractivity contribution >= 4 is 17.6 Å². The van der Waals surface area contributed by atoms with Gasteiger partial charge < -0.3 is 14.8 Å². The fourth-order valence-electron chi connectivity index (χ4n) is 3.90. The average Bonchev–Trinajstić information content (AvgIpc) is 2.81. The zero-order valence-corrected chi connectivity index (χ0v) is 19.1. The van der Waals surface area contributed by atoms with Crippen LogP contribution in [-0.2, 0) is 14.3 Å². The van der Waals surface area contributed by atoms with Crippen LogP contribution in [0.5, 0.6) is 0 Å². The first-order valence-corrected chi connectivity index (χ1v) is 11.2. The molecule has 5 nitrogen and oxygen atoms in total. The first kappa shape index (κ1) is 24.4. The minimum atomic E-state index is -0.674. The van der Waals surface area contributed by atoms with Crippen molar-refractivity contribution in [2.24, 2.45) is 5.92 Å². The van der Waals surface area contributed by atoms with Crippen LogP contribution in [0.1, 0.15) is 74.8 Å². The summed E-state index contributed by atoms with van der Waals surface area (Å²) in [6, 6.07) is 15.8. The summed E-state index contributed by atoms with van der Waals surface area (Å²) < 4.78 is 10.8. The van der Waals surface area contributed by atoms with E-state index in [9.17, 15) is 9.59 Å². The Morgan fingerprint density at radius 3 is 2.03 bits per heavy atom. The summed E-state index contributed by atoms with van der Waals surface area (Å²) in [5.41, 5.74) is 2.00. The number of rotatable bonds is 12. The van der Waals surface area contributed by atoms with Crippen LogP contribution in [0.25, 0.3) is 0 Å². The lowest BCUT2D eigenvalue weighted by molar-refractivity contribution is -0.153. The number of nitrogens with one attached hydrogen (secondary N) is 1. The van der Waals surface area contributed by atoms with Crippen molar-refractivity contribution in [2.45, 2.75) is 65.0 Å². The monoisotopic (exact) mass is 425 g/mol. The zero-order chi connectivity index (χ0) is 22.6. The molecule has 2 rings (SSSR count). The predicted molar refractivity (Wildman–Crippen MR) is 124 cm³/mol. The molecule has 1 unspecified atom stereocenters. The maximum Gasteiger partial charge on any atom is 0.337 e. The fraction of sp³-hybridized carbons (Fsp3) is 0.462. The number of carbonyl (C=O) groups is 2. The first-order valence-electron chi connectivity index (χ1n) is 11.2. The molecule has 0 aliphatic heterocycles. The van der Waals surface area contributed by atoms with Gasteiger partial charge in [0.25, 0.3) is 0 Å². The number of para-hydroxylation sites is 1. The van der Waals surface area contributed by atoms with Crippen LogP contribution in [0.4, 0.5) is 5.69 Å². The second kappa shape index (κ2) is 12.8. The topological polar surface area (TPSA) is 64.6 Å². The van der Waals surface area contributed by atoms with Crippen molar-refractivity contribution < 1.29 is 19.1 Å². The summed E-state index contributed by atoms with van der Waals surface area (Å²) in [7, 11) is 1.35. The highest BCUT2D eigenvalue weighted by molar-refractivity contribution is 5.89. The normalized spacial score (nSPS) is 12.8. The Labute approximate surface area is 186 Å². The van der Waals surface area contributed by atoms with Crippen LogP contribution in [0.15, 0.2) is 54.6 Å². The highest BCUT2D eigenvalue weighted by Gasteiger charge is 2.28. The van der Waals surface area contributed by atoms with Gasteiger partial charge in [-0.3, -0.25) is 0 Å². The van der Waals surface area contributed by atoms with Gasteiger partial charge in [-0.2, -0.15) is 0 Å². The van der Waals surface area contributed by atoms with Gasteiger partial charge in [0.05, 0.1) is 12.7 Å². The van der Waals surface area contributed by atoms with E-state index in [0.29, 0.717) is 11.5 Å². The van der Waals surface area contributed by atoms with E-state index >= 15 is 0 Å². The predicted octanol–water partition coefficient (Wildman–Crippen LogP) is 6.16. The Hall–Kier alpha value is -2.82. The van der Waals surface area contributed by atoms with E-state index in [2.05, 4.69) is 26.1 Å². The lowest BCUT2D eigenvalue weighted by Crippen LogP contribution is -2.32. The largest absolute Gasteiger partial charge is 0.465 e. The molecule has 0 amide bonds. The lowest BCUT2D eigenvalue weighted by Gasteiger charge is -2.28. The van der Waals surface area contributed by atoms with Crippen LogP contribution in [0.3, 0.4) is 0 Å². The molecule has 0 saturated carbocycles. The number of carbonyl (C=O) groups excluding carboxylic acids is 2. The molecule has 2 aromatic carbocycles. The zero-order valence-electron chi connectivity index (χ0n) is 19.1. The van der Waals surface area contributed by atoms with E-state index in [-0.39, 0.29) is 12.1 Å². The summed E-state index contributed by atoms with van der Waals surface area (Å²) in [6.45, 7) is 6.40. The summed E-state index contributed by atoms with van der Waals surface area (Å²) in [5.74, 6) is -0.350. The summed E-state index contributed by atoms with van der Waals surface area (Å²) in [4.78, 5) is 25.1. The molecule has 2 atom stereocenters. The van der Waals surface area contributed by atoms with Gasteiger partial charge >= 0.3 is 11.9 Å². The molecule has 1 N–H and O–H groups in total. The summed E-state index contributed by atoms with van der Waals surface area (Å²) in [6.07, 6.45) is 4.91. The smallest absolute Gasteiger partial charge is 0.337 e. The van der Waals surface area contributed by atoms with E-state index in [1.54, 1.807) is 24.3 Å². The third-order valence-corrected chi connectivity index (χ3v) is 5.50. The minimum absolute atomic E-state index is 0.109. The molecule has 0 aliphatic carbocycles. The third-order valence-electron chi connectivity index (χ3n) is 5.50.